The lowest BCUT2D eigenvalue weighted by atomic mass is 10.0. The predicted molar refractivity (Wildman–Crippen MR) is 143 cm³/mol. The number of halogens is 1. The number of ether oxygens (including phenoxy) is 1. The first-order valence-corrected chi connectivity index (χ1v) is 12.7. The van der Waals surface area contributed by atoms with Gasteiger partial charge in [-0.05, 0) is 48.2 Å². The highest BCUT2D eigenvalue weighted by atomic mass is 79.9. The number of carbonyl (C=O) groups excluding carboxylic acids is 2. The average Bonchev–Trinajstić information content (AvgIpc) is 2.86. The summed E-state index contributed by atoms with van der Waals surface area (Å²) in [6, 6.07) is 24.5. The number of benzene rings is 3. The zero-order chi connectivity index (χ0) is 25.2. The highest BCUT2D eigenvalue weighted by Crippen LogP contribution is 2.18. The molecule has 0 fully saturated rings. The molecule has 3 aromatic carbocycles. The second-order valence-corrected chi connectivity index (χ2v) is 10.0. The summed E-state index contributed by atoms with van der Waals surface area (Å²) in [6.45, 7) is 6.83. The van der Waals surface area contributed by atoms with Crippen molar-refractivity contribution >= 4 is 27.7 Å². The molecule has 1 N–H and O–H groups in total. The molecule has 2 amide bonds. The summed E-state index contributed by atoms with van der Waals surface area (Å²) in [5, 5.41) is 3.03. The van der Waals surface area contributed by atoms with E-state index in [1.807, 2.05) is 87.5 Å². The van der Waals surface area contributed by atoms with E-state index < -0.39 is 6.04 Å². The second kappa shape index (κ2) is 13.1. The maximum absolute atomic E-state index is 13.5. The quantitative estimate of drug-likeness (QED) is 0.349. The number of hydrogen-bond donors (Lipinski definition) is 1. The molecule has 0 spiro atoms. The molecule has 0 aliphatic rings. The van der Waals surface area contributed by atoms with Crippen LogP contribution >= 0.6 is 15.9 Å². The fourth-order valence-electron chi connectivity index (χ4n) is 3.63. The highest BCUT2D eigenvalue weighted by Gasteiger charge is 2.30. The Hall–Kier alpha value is -3.12. The number of carbonyl (C=O) groups is 2. The summed E-state index contributed by atoms with van der Waals surface area (Å²) in [5.74, 6) is 0.500. The predicted octanol–water partition coefficient (Wildman–Crippen LogP) is 5.55. The molecule has 0 saturated heterocycles. The van der Waals surface area contributed by atoms with Gasteiger partial charge in [0.05, 0.1) is 0 Å². The standard InChI is InChI=1S/C29H33BrN2O3/c1-21(2)18-31-29(34)27(17-23-7-5-4-6-8-23)32(19-24-11-9-22(3)10-12-24)28(33)20-35-26-15-13-25(30)14-16-26/h4-16,21,27H,17-20H2,1-3H3,(H,31,34). The molecule has 5 nitrogen and oxygen atoms in total. The Balaban J connectivity index is 1.88. The van der Waals surface area contributed by atoms with Crippen LogP contribution < -0.4 is 10.1 Å². The minimum atomic E-state index is -0.668. The Kier molecular flexibility index (Phi) is 9.91. The highest BCUT2D eigenvalue weighted by molar-refractivity contribution is 9.10. The van der Waals surface area contributed by atoms with Crippen molar-refractivity contribution in [2.24, 2.45) is 5.92 Å². The Morgan fingerprint density at radius 2 is 1.57 bits per heavy atom. The van der Waals surface area contributed by atoms with Gasteiger partial charge in [-0.15, -0.1) is 0 Å². The number of amides is 2. The monoisotopic (exact) mass is 536 g/mol. The topological polar surface area (TPSA) is 58.6 Å². The molecular weight excluding hydrogens is 504 g/mol. The summed E-state index contributed by atoms with van der Waals surface area (Å²) in [6.07, 6.45) is 0.417. The SMILES string of the molecule is Cc1ccc(CN(C(=O)COc2ccc(Br)cc2)C(Cc2ccccc2)C(=O)NCC(C)C)cc1. The normalized spacial score (nSPS) is 11.7. The summed E-state index contributed by atoms with van der Waals surface area (Å²) >= 11 is 3.41. The van der Waals surface area contributed by atoms with E-state index in [4.69, 9.17) is 4.74 Å². The molecule has 35 heavy (non-hydrogen) atoms. The Morgan fingerprint density at radius 3 is 2.20 bits per heavy atom. The van der Waals surface area contributed by atoms with Crippen molar-refractivity contribution < 1.29 is 14.3 Å². The lowest BCUT2D eigenvalue weighted by Gasteiger charge is -2.31. The fourth-order valence-corrected chi connectivity index (χ4v) is 3.89. The maximum atomic E-state index is 13.5. The van der Waals surface area contributed by atoms with E-state index in [9.17, 15) is 9.59 Å². The molecule has 3 aromatic rings. The van der Waals surface area contributed by atoms with Crippen LogP contribution in [0.4, 0.5) is 0 Å². The van der Waals surface area contributed by atoms with E-state index in [1.54, 1.807) is 17.0 Å². The van der Waals surface area contributed by atoms with E-state index in [0.717, 1.165) is 21.2 Å². The van der Waals surface area contributed by atoms with Crippen molar-refractivity contribution in [1.82, 2.24) is 10.2 Å². The van der Waals surface area contributed by atoms with Gasteiger partial charge in [0.25, 0.3) is 5.91 Å². The lowest BCUT2D eigenvalue weighted by molar-refractivity contribution is -0.142. The summed E-state index contributed by atoms with van der Waals surface area (Å²) in [7, 11) is 0. The smallest absolute Gasteiger partial charge is 0.261 e. The number of nitrogens with zero attached hydrogens (tertiary/aromatic N) is 1. The van der Waals surface area contributed by atoms with Gasteiger partial charge in [0.15, 0.2) is 6.61 Å². The van der Waals surface area contributed by atoms with Crippen LogP contribution in [0.15, 0.2) is 83.3 Å². The van der Waals surface area contributed by atoms with Gasteiger partial charge in [0.2, 0.25) is 5.91 Å². The first-order chi connectivity index (χ1) is 16.8. The molecule has 3 rings (SSSR count). The lowest BCUT2D eigenvalue weighted by Crippen LogP contribution is -2.52. The van der Waals surface area contributed by atoms with E-state index in [0.29, 0.717) is 31.2 Å². The molecule has 0 saturated carbocycles. The first-order valence-electron chi connectivity index (χ1n) is 11.9. The molecule has 1 atom stereocenters. The van der Waals surface area contributed by atoms with Crippen LogP contribution in [-0.2, 0) is 22.6 Å². The van der Waals surface area contributed by atoms with Gasteiger partial charge < -0.3 is 15.0 Å². The van der Waals surface area contributed by atoms with Crippen LogP contribution in [0.25, 0.3) is 0 Å². The van der Waals surface area contributed by atoms with Crippen LogP contribution in [0, 0.1) is 12.8 Å². The van der Waals surface area contributed by atoms with Gasteiger partial charge in [-0.1, -0.05) is 89.9 Å². The Morgan fingerprint density at radius 1 is 0.914 bits per heavy atom. The van der Waals surface area contributed by atoms with Crippen molar-refractivity contribution in [3.8, 4) is 5.75 Å². The number of hydrogen-bond acceptors (Lipinski definition) is 3. The largest absolute Gasteiger partial charge is 0.484 e. The molecule has 0 heterocycles. The van der Waals surface area contributed by atoms with Crippen LogP contribution in [-0.4, -0.2) is 35.9 Å². The number of nitrogens with one attached hydrogen (secondary N) is 1. The third-order valence-electron chi connectivity index (χ3n) is 5.61. The number of aryl methyl sites for hydroxylation is 1. The molecule has 0 aliphatic heterocycles. The van der Waals surface area contributed by atoms with Crippen molar-refractivity contribution in [3.63, 3.8) is 0 Å². The molecular formula is C29H33BrN2O3. The molecule has 6 heteroatoms. The molecule has 184 valence electrons. The summed E-state index contributed by atoms with van der Waals surface area (Å²) in [5.41, 5.74) is 3.09. The maximum Gasteiger partial charge on any atom is 0.261 e. The third kappa shape index (κ3) is 8.55. The minimum absolute atomic E-state index is 0.157. The van der Waals surface area contributed by atoms with Crippen LogP contribution in [0.2, 0.25) is 0 Å². The van der Waals surface area contributed by atoms with Gasteiger partial charge in [0.1, 0.15) is 11.8 Å². The molecule has 0 aromatic heterocycles. The zero-order valence-corrected chi connectivity index (χ0v) is 22.1. The molecule has 0 bridgehead atoms. The van der Waals surface area contributed by atoms with Crippen LogP contribution in [0.3, 0.4) is 0 Å². The summed E-state index contributed by atoms with van der Waals surface area (Å²) < 4.78 is 6.73. The van der Waals surface area contributed by atoms with Crippen LogP contribution in [0.1, 0.15) is 30.5 Å². The fraction of sp³-hybridized carbons (Fsp3) is 0.310. The van der Waals surface area contributed by atoms with E-state index >= 15 is 0 Å². The van der Waals surface area contributed by atoms with E-state index in [2.05, 4.69) is 21.2 Å². The van der Waals surface area contributed by atoms with Gasteiger partial charge in [-0.2, -0.15) is 0 Å². The molecule has 0 radical (unpaired) electrons. The van der Waals surface area contributed by atoms with Crippen molar-refractivity contribution in [3.05, 3.63) is 100 Å². The first kappa shape index (κ1) is 26.5. The van der Waals surface area contributed by atoms with Crippen molar-refractivity contribution in [2.45, 2.75) is 39.8 Å². The van der Waals surface area contributed by atoms with Gasteiger partial charge in [-0.3, -0.25) is 9.59 Å². The van der Waals surface area contributed by atoms with Crippen molar-refractivity contribution in [1.29, 1.82) is 0 Å². The van der Waals surface area contributed by atoms with Crippen molar-refractivity contribution in [2.75, 3.05) is 13.2 Å². The van der Waals surface area contributed by atoms with Gasteiger partial charge in [0, 0.05) is 24.0 Å². The third-order valence-corrected chi connectivity index (χ3v) is 6.13. The van der Waals surface area contributed by atoms with Gasteiger partial charge >= 0.3 is 0 Å². The van der Waals surface area contributed by atoms with Gasteiger partial charge in [-0.25, -0.2) is 0 Å². The van der Waals surface area contributed by atoms with Crippen LogP contribution in [0.5, 0.6) is 5.75 Å². The Labute approximate surface area is 216 Å². The zero-order valence-electron chi connectivity index (χ0n) is 20.5. The number of rotatable bonds is 11. The minimum Gasteiger partial charge on any atom is -0.484 e. The van der Waals surface area contributed by atoms with E-state index in [1.165, 1.54) is 0 Å². The Bertz CT molecular complexity index is 1080. The van der Waals surface area contributed by atoms with E-state index in [-0.39, 0.29) is 18.4 Å². The summed E-state index contributed by atoms with van der Waals surface area (Å²) in [4.78, 5) is 28.6. The molecule has 0 aliphatic carbocycles. The molecule has 1 unspecified atom stereocenters. The second-order valence-electron chi connectivity index (χ2n) is 9.09. The average molecular weight is 537 g/mol.